The molecule has 0 N–H and O–H groups in total. The van der Waals surface area contributed by atoms with Gasteiger partial charge in [-0.1, -0.05) is 19.9 Å². The fourth-order valence-corrected chi connectivity index (χ4v) is 3.54. The molecule has 1 amide bonds. The van der Waals surface area contributed by atoms with Gasteiger partial charge in [0.2, 0.25) is 0 Å². The zero-order valence-electron chi connectivity index (χ0n) is 14.9. The van der Waals surface area contributed by atoms with Crippen molar-refractivity contribution in [2.45, 2.75) is 39.3 Å². The molecule has 1 aromatic carbocycles. The number of carbonyl (C=O) groups excluding carboxylic acids is 1. The van der Waals surface area contributed by atoms with Crippen molar-refractivity contribution < 1.29 is 9.53 Å². The maximum absolute atomic E-state index is 13.1. The Morgan fingerprint density at radius 3 is 2.72 bits per heavy atom. The topological polar surface area (TPSA) is 66.2 Å². The van der Waals surface area contributed by atoms with Crippen LogP contribution < -0.4 is 4.74 Å². The molecule has 0 radical (unpaired) electrons. The van der Waals surface area contributed by atoms with Crippen LogP contribution in [0.25, 0.3) is 0 Å². The largest absolute Gasteiger partial charge is 0.496 e. The van der Waals surface area contributed by atoms with Crippen molar-refractivity contribution in [2.75, 3.05) is 7.11 Å². The van der Waals surface area contributed by atoms with Crippen molar-refractivity contribution in [3.8, 4) is 11.8 Å². The van der Waals surface area contributed by atoms with Gasteiger partial charge in [0.1, 0.15) is 11.8 Å². The van der Waals surface area contributed by atoms with Gasteiger partial charge in [-0.15, -0.1) is 0 Å². The van der Waals surface area contributed by atoms with Crippen LogP contribution in [0.1, 0.15) is 58.5 Å². The highest BCUT2D eigenvalue weighted by Crippen LogP contribution is 2.44. The number of benzene rings is 1. The van der Waals surface area contributed by atoms with Gasteiger partial charge < -0.3 is 9.64 Å². The van der Waals surface area contributed by atoms with E-state index in [2.05, 4.69) is 11.1 Å². The number of nitrogens with zero attached hydrogens (tertiary/aromatic N) is 3. The molecule has 0 saturated heterocycles. The van der Waals surface area contributed by atoms with Crippen molar-refractivity contribution in [3.05, 3.63) is 58.4 Å². The Balaban J connectivity index is 2.16. The number of carbonyl (C=O) groups is 1. The smallest absolute Gasteiger partial charge is 0.256 e. The van der Waals surface area contributed by atoms with Gasteiger partial charge in [0, 0.05) is 22.9 Å². The highest BCUT2D eigenvalue weighted by atomic mass is 16.5. The lowest BCUT2D eigenvalue weighted by Crippen LogP contribution is -2.27. The fraction of sp³-hybridized carbons (Fsp3) is 0.350. The lowest BCUT2D eigenvalue weighted by Gasteiger charge is -2.22. The Kier molecular flexibility index (Phi) is 4.45. The van der Waals surface area contributed by atoms with E-state index < -0.39 is 6.04 Å². The second kappa shape index (κ2) is 6.56. The van der Waals surface area contributed by atoms with E-state index in [9.17, 15) is 10.1 Å². The third kappa shape index (κ3) is 2.74. The molecule has 25 heavy (non-hydrogen) atoms. The first kappa shape index (κ1) is 17.0. The number of hydrogen-bond donors (Lipinski definition) is 0. The Hall–Kier alpha value is -2.87. The average molecular weight is 335 g/mol. The number of aryl methyl sites for hydroxylation is 1. The highest BCUT2D eigenvalue weighted by molar-refractivity contribution is 6.02. The number of pyridine rings is 1. The predicted octanol–water partition coefficient (Wildman–Crippen LogP) is 3.74. The molecule has 0 fully saturated rings. The summed E-state index contributed by atoms with van der Waals surface area (Å²) >= 11 is 0. The van der Waals surface area contributed by atoms with Crippen molar-refractivity contribution in [1.82, 2.24) is 9.88 Å². The zero-order valence-corrected chi connectivity index (χ0v) is 14.9. The summed E-state index contributed by atoms with van der Waals surface area (Å²) in [5, 5.41) is 9.83. The van der Waals surface area contributed by atoms with Gasteiger partial charge in [-0.05, 0) is 36.6 Å². The van der Waals surface area contributed by atoms with Crippen molar-refractivity contribution in [2.24, 2.45) is 0 Å². The predicted molar refractivity (Wildman–Crippen MR) is 94.3 cm³/mol. The summed E-state index contributed by atoms with van der Waals surface area (Å²) in [6, 6.07) is 9.15. The van der Waals surface area contributed by atoms with E-state index in [1.54, 1.807) is 18.2 Å². The van der Waals surface area contributed by atoms with Crippen LogP contribution in [0, 0.1) is 18.3 Å². The molecule has 3 rings (SSSR count). The van der Waals surface area contributed by atoms with Gasteiger partial charge in [-0.3, -0.25) is 9.78 Å². The summed E-state index contributed by atoms with van der Waals surface area (Å²) in [5.41, 5.74) is 3.96. The number of ether oxygens (including phenoxy) is 1. The second-order valence-corrected chi connectivity index (χ2v) is 6.54. The quantitative estimate of drug-likeness (QED) is 0.853. The maximum Gasteiger partial charge on any atom is 0.256 e. The molecule has 2 heterocycles. The van der Waals surface area contributed by atoms with Crippen LogP contribution in [-0.2, 0) is 6.54 Å². The first-order chi connectivity index (χ1) is 12.0. The molecular formula is C20H21N3O2. The first-order valence-electron chi connectivity index (χ1n) is 8.31. The Labute approximate surface area is 147 Å². The molecule has 0 spiro atoms. The van der Waals surface area contributed by atoms with Crippen LogP contribution in [0.3, 0.4) is 0 Å². The molecule has 2 aromatic rings. The minimum absolute atomic E-state index is 0.116. The lowest BCUT2D eigenvalue weighted by molar-refractivity contribution is 0.0741. The van der Waals surface area contributed by atoms with Crippen molar-refractivity contribution >= 4 is 5.91 Å². The monoisotopic (exact) mass is 335 g/mol. The molecule has 0 bridgehead atoms. The zero-order chi connectivity index (χ0) is 18.1. The molecular weight excluding hydrogens is 314 g/mol. The SMILES string of the molecule is COc1cc(C)c2c(c1C(C)C)C(C#N)N(Cc1ccccn1)C2=O. The van der Waals surface area contributed by atoms with E-state index in [0.29, 0.717) is 12.1 Å². The van der Waals surface area contributed by atoms with Gasteiger partial charge in [0.05, 0.1) is 25.4 Å². The molecule has 5 heteroatoms. The average Bonchev–Trinajstić information content (AvgIpc) is 2.87. The summed E-state index contributed by atoms with van der Waals surface area (Å²) in [4.78, 5) is 19.0. The Morgan fingerprint density at radius 2 is 2.16 bits per heavy atom. The van der Waals surface area contributed by atoms with Crippen LogP contribution in [0.5, 0.6) is 5.75 Å². The number of fused-ring (bicyclic) bond motifs is 1. The van der Waals surface area contributed by atoms with Crippen LogP contribution in [0.15, 0.2) is 30.5 Å². The van der Waals surface area contributed by atoms with E-state index >= 15 is 0 Å². The van der Waals surface area contributed by atoms with Crippen molar-refractivity contribution in [3.63, 3.8) is 0 Å². The summed E-state index contributed by atoms with van der Waals surface area (Å²) in [7, 11) is 1.62. The number of nitriles is 1. The molecule has 1 unspecified atom stereocenters. The van der Waals surface area contributed by atoms with E-state index in [0.717, 1.165) is 28.1 Å². The van der Waals surface area contributed by atoms with Crippen LogP contribution in [0.4, 0.5) is 0 Å². The highest BCUT2D eigenvalue weighted by Gasteiger charge is 2.41. The Bertz CT molecular complexity index is 853. The number of hydrogen-bond acceptors (Lipinski definition) is 4. The molecule has 0 aliphatic carbocycles. The van der Waals surface area contributed by atoms with Crippen molar-refractivity contribution in [1.29, 1.82) is 5.26 Å². The standard InChI is InChI=1S/C20H21N3O2/c1-12(2)17-16(25-4)9-13(3)18-19(17)15(10-21)23(20(18)24)11-14-7-5-6-8-22-14/h5-9,12,15H,11H2,1-4H3. The van der Waals surface area contributed by atoms with Crippen LogP contribution in [-0.4, -0.2) is 22.9 Å². The molecule has 0 saturated carbocycles. The fourth-order valence-electron chi connectivity index (χ4n) is 3.54. The summed E-state index contributed by atoms with van der Waals surface area (Å²) < 4.78 is 5.54. The normalized spacial score (nSPS) is 16.1. The molecule has 5 nitrogen and oxygen atoms in total. The first-order valence-corrected chi connectivity index (χ1v) is 8.31. The molecule has 1 aliphatic heterocycles. The van der Waals surface area contributed by atoms with Crippen LogP contribution >= 0.6 is 0 Å². The lowest BCUT2D eigenvalue weighted by atomic mass is 9.88. The van der Waals surface area contributed by atoms with E-state index in [4.69, 9.17) is 4.74 Å². The summed E-state index contributed by atoms with van der Waals surface area (Å²) in [6.07, 6.45) is 1.69. The van der Waals surface area contributed by atoms with Gasteiger partial charge in [-0.25, -0.2) is 0 Å². The minimum atomic E-state index is -0.629. The van der Waals surface area contributed by atoms with Crippen LogP contribution in [0.2, 0.25) is 0 Å². The third-order valence-corrected chi connectivity index (χ3v) is 4.60. The molecule has 128 valence electrons. The molecule has 1 atom stereocenters. The number of aromatic nitrogens is 1. The summed E-state index contributed by atoms with van der Waals surface area (Å²) in [6.45, 7) is 6.30. The molecule has 1 aliphatic rings. The number of amides is 1. The van der Waals surface area contributed by atoms with E-state index in [-0.39, 0.29) is 11.8 Å². The van der Waals surface area contributed by atoms with Gasteiger partial charge in [0.25, 0.3) is 5.91 Å². The van der Waals surface area contributed by atoms with E-state index in [1.165, 1.54) is 0 Å². The van der Waals surface area contributed by atoms with E-state index in [1.807, 2.05) is 45.0 Å². The Morgan fingerprint density at radius 1 is 1.40 bits per heavy atom. The van der Waals surface area contributed by atoms with Gasteiger partial charge in [0.15, 0.2) is 0 Å². The molecule has 1 aromatic heterocycles. The summed E-state index contributed by atoms with van der Waals surface area (Å²) in [5.74, 6) is 0.760. The second-order valence-electron chi connectivity index (χ2n) is 6.54. The van der Waals surface area contributed by atoms with Gasteiger partial charge in [-0.2, -0.15) is 5.26 Å². The third-order valence-electron chi connectivity index (χ3n) is 4.60. The minimum Gasteiger partial charge on any atom is -0.496 e. The maximum atomic E-state index is 13.1. The van der Waals surface area contributed by atoms with Gasteiger partial charge >= 0.3 is 0 Å². The number of rotatable bonds is 4. The number of methoxy groups -OCH3 is 1.